The standard InChI is InChI=1S/C21H26N2O8/c1-3-9-28-19(25)17-15-12(6-5-7-14(15)31-20(22)26)16-13(18(24)23(16)17)8-11-30-21(27)29-10-4-2/h3-4,12-14,16H,1-2,5-11H2,(H2,22,26)/t12-,13+,14-,16-/m1/s1. The maximum absolute atomic E-state index is 12.9. The molecule has 2 N–H and O–H groups in total. The minimum absolute atomic E-state index is 0.00374. The smallest absolute Gasteiger partial charge is 0.457 e. The van der Waals surface area contributed by atoms with Crippen LogP contribution in [0.5, 0.6) is 0 Å². The van der Waals surface area contributed by atoms with Gasteiger partial charge in [-0.2, -0.15) is 0 Å². The van der Waals surface area contributed by atoms with E-state index in [9.17, 15) is 19.2 Å². The summed E-state index contributed by atoms with van der Waals surface area (Å²) >= 11 is 0. The van der Waals surface area contributed by atoms with E-state index < -0.39 is 30.2 Å². The van der Waals surface area contributed by atoms with Gasteiger partial charge in [-0.1, -0.05) is 25.3 Å². The zero-order valence-electron chi connectivity index (χ0n) is 17.1. The number of nitrogens with two attached hydrogens (primary N) is 1. The number of carbonyl (C=O) groups excluding carboxylic acids is 4. The molecule has 4 atom stereocenters. The summed E-state index contributed by atoms with van der Waals surface area (Å²) < 4.78 is 20.2. The monoisotopic (exact) mass is 434 g/mol. The fourth-order valence-electron chi connectivity index (χ4n) is 4.60. The molecule has 1 saturated carbocycles. The Labute approximate surface area is 179 Å². The van der Waals surface area contributed by atoms with Crippen molar-refractivity contribution in [3.63, 3.8) is 0 Å². The van der Waals surface area contributed by atoms with Gasteiger partial charge in [-0.25, -0.2) is 14.4 Å². The second kappa shape index (κ2) is 9.67. The number of ether oxygens (including phenoxy) is 4. The van der Waals surface area contributed by atoms with E-state index in [0.29, 0.717) is 12.0 Å². The van der Waals surface area contributed by atoms with Crippen molar-refractivity contribution in [3.05, 3.63) is 36.6 Å². The molecule has 0 unspecified atom stereocenters. The predicted octanol–water partition coefficient (Wildman–Crippen LogP) is 1.80. The van der Waals surface area contributed by atoms with E-state index in [0.717, 1.165) is 12.8 Å². The topological polar surface area (TPSA) is 134 Å². The Morgan fingerprint density at radius 1 is 1.10 bits per heavy atom. The Kier molecular flexibility index (Phi) is 6.98. The lowest BCUT2D eigenvalue weighted by Gasteiger charge is -2.46. The van der Waals surface area contributed by atoms with Crippen LogP contribution in [0.2, 0.25) is 0 Å². The lowest BCUT2D eigenvalue weighted by Crippen LogP contribution is -2.61. The number of esters is 1. The third-order valence-electron chi connectivity index (χ3n) is 5.67. The summed E-state index contributed by atoms with van der Waals surface area (Å²) in [5.74, 6) is -1.54. The van der Waals surface area contributed by atoms with Gasteiger partial charge in [-0.3, -0.25) is 4.79 Å². The van der Waals surface area contributed by atoms with Gasteiger partial charge in [-0.05, 0) is 25.7 Å². The van der Waals surface area contributed by atoms with Crippen LogP contribution in [0.15, 0.2) is 36.6 Å². The number of nitrogens with zero attached hydrogens (tertiary/aromatic N) is 1. The first kappa shape index (κ1) is 22.4. The van der Waals surface area contributed by atoms with Crippen molar-refractivity contribution in [2.45, 2.75) is 37.8 Å². The van der Waals surface area contributed by atoms with E-state index >= 15 is 0 Å². The molecular weight excluding hydrogens is 408 g/mol. The molecule has 1 saturated heterocycles. The van der Waals surface area contributed by atoms with Gasteiger partial charge >= 0.3 is 18.2 Å². The molecule has 10 nitrogen and oxygen atoms in total. The van der Waals surface area contributed by atoms with Crippen LogP contribution in [0.3, 0.4) is 0 Å². The number of fused-ring (bicyclic) bond motifs is 3. The van der Waals surface area contributed by atoms with Crippen LogP contribution in [0.4, 0.5) is 9.59 Å². The van der Waals surface area contributed by atoms with Crippen molar-refractivity contribution >= 4 is 24.1 Å². The van der Waals surface area contributed by atoms with Crippen molar-refractivity contribution in [2.75, 3.05) is 19.8 Å². The normalized spacial score (nSPS) is 26.2. The van der Waals surface area contributed by atoms with Crippen LogP contribution < -0.4 is 5.73 Å². The van der Waals surface area contributed by atoms with Crippen molar-refractivity contribution in [3.8, 4) is 0 Å². The second-order valence-electron chi connectivity index (χ2n) is 7.45. The maximum Gasteiger partial charge on any atom is 0.508 e. The quantitative estimate of drug-likeness (QED) is 0.251. The molecule has 0 spiro atoms. The van der Waals surface area contributed by atoms with Gasteiger partial charge in [0.05, 0.1) is 18.6 Å². The molecule has 2 fully saturated rings. The molecule has 1 aliphatic carbocycles. The average Bonchev–Trinajstić information content (AvgIpc) is 3.05. The van der Waals surface area contributed by atoms with Gasteiger partial charge in [0.25, 0.3) is 0 Å². The largest absolute Gasteiger partial charge is 0.508 e. The molecule has 168 valence electrons. The molecule has 3 aliphatic rings. The highest BCUT2D eigenvalue weighted by Gasteiger charge is 2.61. The van der Waals surface area contributed by atoms with Crippen LogP contribution in [0, 0.1) is 11.8 Å². The maximum atomic E-state index is 12.9. The summed E-state index contributed by atoms with van der Waals surface area (Å²) in [7, 11) is 0. The van der Waals surface area contributed by atoms with E-state index in [2.05, 4.69) is 13.2 Å². The highest BCUT2D eigenvalue weighted by atomic mass is 16.7. The van der Waals surface area contributed by atoms with E-state index in [1.54, 1.807) is 0 Å². The number of rotatable bonds is 9. The summed E-state index contributed by atoms with van der Waals surface area (Å²) in [5.41, 5.74) is 5.91. The fraction of sp³-hybridized carbons (Fsp3) is 0.524. The van der Waals surface area contributed by atoms with E-state index in [1.165, 1.54) is 17.1 Å². The van der Waals surface area contributed by atoms with E-state index in [4.69, 9.17) is 24.7 Å². The summed E-state index contributed by atoms with van der Waals surface area (Å²) in [6.45, 7) is 6.97. The minimum Gasteiger partial charge on any atom is -0.457 e. The molecule has 2 amide bonds. The average molecular weight is 434 g/mol. The lowest BCUT2D eigenvalue weighted by atomic mass is 9.72. The molecule has 0 aromatic carbocycles. The number of primary amides is 1. The van der Waals surface area contributed by atoms with Gasteiger partial charge in [0.15, 0.2) is 0 Å². The van der Waals surface area contributed by atoms with Crippen LogP contribution in [0.1, 0.15) is 25.7 Å². The SMILES string of the molecule is C=CCOC(=O)OCC[C@@H]1C(=O)N2C(C(=O)OCC=C)=C3[C@@H](CCC[C@H]3OC(N)=O)[C@H]12. The molecular formula is C21H26N2O8. The van der Waals surface area contributed by atoms with Crippen LogP contribution in [0.25, 0.3) is 0 Å². The summed E-state index contributed by atoms with van der Waals surface area (Å²) in [5, 5.41) is 0. The molecule has 0 bridgehead atoms. The number of carbonyl (C=O) groups is 4. The number of amides is 2. The van der Waals surface area contributed by atoms with Crippen LogP contribution in [-0.4, -0.2) is 61.0 Å². The highest BCUT2D eigenvalue weighted by Crippen LogP contribution is 2.52. The molecule has 2 heterocycles. The Bertz CT molecular complexity index is 820. The third kappa shape index (κ3) is 4.42. The Morgan fingerprint density at radius 2 is 1.81 bits per heavy atom. The molecule has 2 aliphatic heterocycles. The molecule has 10 heteroatoms. The first-order valence-corrected chi connectivity index (χ1v) is 10.1. The minimum atomic E-state index is -0.944. The summed E-state index contributed by atoms with van der Waals surface area (Å²) in [6.07, 6.45) is 2.63. The predicted molar refractivity (Wildman–Crippen MR) is 106 cm³/mol. The number of β-lactam (4-membered cyclic amide) rings is 1. The van der Waals surface area contributed by atoms with Gasteiger partial charge < -0.3 is 29.6 Å². The van der Waals surface area contributed by atoms with Crippen molar-refractivity contribution in [1.29, 1.82) is 0 Å². The number of hydrogen-bond donors (Lipinski definition) is 1. The second-order valence-corrected chi connectivity index (χ2v) is 7.45. The van der Waals surface area contributed by atoms with Gasteiger partial charge in [0, 0.05) is 11.5 Å². The Hall–Kier alpha value is -3.30. The molecule has 0 aromatic heterocycles. The van der Waals surface area contributed by atoms with Gasteiger partial charge in [0.2, 0.25) is 5.91 Å². The Balaban J connectivity index is 1.77. The third-order valence-corrected chi connectivity index (χ3v) is 5.67. The molecule has 0 aromatic rings. The fourth-order valence-corrected chi connectivity index (χ4v) is 4.60. The summed E-state index contributed by atoms with van der Waals surface area (Å²) in [6, 6.07) is -0.291. The van der Waals surface area contributed by atoms with Crippen molar-refractivity contribution < 1.29 is 38.1 Å². The van der Waals surface area contributed by atoms with Crippen LogP contribution in [-0.2, 0) is 28.5 Å². The first-order valence-electron chi connectivity index (χ1n) is 10.1. The summed E-state index contributed by atoms with van der Waals surface area (Å²) in [4.78, 5) is 50.0. The Morgan fingerprint density at radius 3 is 2.48 bits per heavy atom. The van der Waals surface area contributed by atoms with Crippen molar-refractivity contribution in [1.82, 2.24) is 4.90 Å². The molecule has 3 rings (SSSR count). The molecule has 31 heavy (non-hydrogen) atoms. The first-order chi connectivity index (χ1) is 14.9. The molecule has 0 radical (unpaired) electrons. The zero-order valence-corrected chi connectivity index (χ0v) is 17.1. The number of hydrogen-bond acceptors (Lipinski definition) is 8. The van der Waals surface area contributed by atoms with Crippen LogP contribution >= 0.6 is 0 Å². The zero-order chi connectivity index (χ0) is 22.5. The van der Waals surface area contributed by atoms with E-state index in [1.807, 2.05) is 0 Å². The van der Waals surface area contributed by atoms with Gasteiger partial charge in [0.1, 0.15) is 25.0 Å². The van der Waals surface area contributed by atoms with Gasteiger partial charge in [-0.15, -0.1) is 0 Å². The highest BCUT2D eigenvalue weighted by molar-refractivity contribution is 6.00. The van der Waals surface area contributed by atoms with Crippen molar-refractivity contribution in [2.24, 2.45) is 17.6 Å². The van der Waals surface area contributed by atoms with E-state index in [-0.39, 0.29) is 49.8 Å². The lowest BCUT2D eigenvalue weighted by molar-refractivity contribution is -0.159.